The number of nitrogens with one attached hydrogen (secondary N) is 2. The number of benzene rings is 2. The average molecular weight is 580 g/mol. The summed E-state index contributed by atoms with van der Waals surface area (Å²) >= 11 is 6.21. The van der Waals surface area contributed by atoms with Gasteiger partial charge in [-0.05, 0) is 60.4 Å². The maximum absolute atomic E-state index is 13.8. The number of amides is 3. The molecule has 41 heavy (non-hydrogen) atoms. The number of pyridine rings is 1. The smallest absolute Gasteiger partial charge is 0.335 e. The molecule has 0 spiro atoms. The van der Waals surface area contributed by atoms with Crippen LogP contribution in [0.3, 0.4) is 0 Å². The number of aromatic nitrogens is 1. The number of nitrogens with zero attached hydrogens (tertiary/aromatic N) is 3. The lowest BCUT2D eigenvalue weighted by Crippen LogP contribution is -2.50. The number of amidine groups is 1. The van der Waals surface area contributed by atoms with Gasteiger partial charge in [-0.2, -0.15) is 0 Å². The number of carbonyl (C=O) groups excluding carboxylic acids is 2. The van der Waals surface area contributed by atoms with E-state index in [-0.39, 0.29) is 36.8 Å². The fraction of sp³-hybridized carbons (Fsp3) is 0.276. The fourth-order valence-electron chi connectivity index (χ4n) is 4.38. The standard InChI is InChI=1S/C29H30ClN5O6/c1-3-23(18-7-9-19(10-8-18)28(37)38)33-29(39)35-17-25(34-41-26-6-4-5-13-31-26)32-16-21(27(35)36)14-20-15-22(30)11-12-24(20)40-2/h4-13,15,21,23H,3,14,16-17H2,1-2H3,(H,32,34)(H,33,39)(H,37,38)/t21-,23-/m1/s1. The summed E-state index contributed by atoms with van der Waals surface area (Å²) in [6.45, 7) is 1.79. The number of aromatic carboxylic acids is 1. The summed E-state index contributed by atoms with van der Waals surface area (Å²) in [7, 11) is 1.53. The molecule has 0 unspecified atom stereocenters. The molecular formula is C29H30ClN5O6. The van der Waals surface area contributed by atoms with Gasteiger partial charge in [0.15, 0.2) is 5.84 Å². The summed E-state index contributed by atoms with van der Waals surface area (Å²) in [4.78, 5) is 53.9. The number of urea groups is 1. The molecule has 2 heterocycles. The van der Waals surface area contributed by atoms with Crippen molar-refractivity contribution in [2.45, 2.75) is 25.8 Å². The van der Waals surface area contributed by atoms with E-state index in [1.807, 2.05) is 6.92 Å². The molecule has 3 N–H and O–H groups in total. The molecule has 3 amide bonds. The number of hydrogen-bond acceptors (Lipinski definition) is 8. The van der Waals surface area contributed by atoms with Gasteiger partial charge < -0.3 is 20.0 Å². The molecule has 2 atom stereocenters. The Morgan fingerprint density at radius 3 is 2.61 bits per heavy atom. The zero-order valence-electron chi connectivity index (χ0n) is 22.5. The maximum Gasteiger partial charge on any atom is 0.335 e. The van der Waals surface area contributed by atoms with Crippen molar-refractivity contribution in [3.8, 4) is 11.6 Å². The molecule has 11 nitrogen and oxygen atoms in total. The number of ether oxygens (including phenoxy) is 1. The predicted octanol–water partition coefficient (Wildman–Crippen LogP) is 4.29. The summed E-state index contributed by atoms with van der Waals surface area (Å²) in [5, 5.41) is 12.6. The summed E-state index contributed by atoms with van der Waals surface area (Å²) in [6.07, 6.45) is 2.31. The molecule has 2 aromatic carbocycles. The first-order valence-electron chi connectivity index (χ1n) is 12.9. The Bertz CT molecular complexity index is 1420. The SMILES string of the molecule is CC[C@@H](NC(=O)N1CC(NOc2ccccn2)=NC[C@@H](Cc2cc(Cl)ccc2OC)C1=O)c1ccc(C(=O)O)cc1. The molecule has 1 aliphatic rings. The van der Waals surface area contributed by atoms with Crippen molar-refractivity contribution < 1.29 is 29.1 Å². The monoisotopic (exact) mass is 579 g/mol. The van der Waals surface area contributed by atoms with Gasteiger partial charge in [0, 0.05) is 17.3 Å². The van der Waals surface area contributed by atoms with Crippen LogP contribution < -0.4 is 20.4 Å². The first-order chi connectivity index (χ1) is 19.8. The van der Waals surface area contributed by atoms with E-state index in [1.54, 1.807) is 54.7 Å². The van der Waals surface area contributed by atoms with Crippen LogP contribution in [0.15, 0.2) is 71.9 Å². The highest BCUT2D eigenvalue weighted by Gasteiger charge is 2.34. The third-order valence-electron chi connectivity index (χ3n) is 6.56. The van der Waals surface area contributed by atoms with Crippen LogP contribution in [-0.4, -0.2) is 58.9 Å². The number of rotatable bonds is 9. The van der Waals surface area contributed by atoms with Gasteiger partial charge >= 0.3 is 12.0 Å². The van der Waals surface area contributed by atoms with E-state index < -0.39 is 29.9 Å². The highest BCUT2D eigenvalue weighted by molar-refractivity contribution is 6.30. The number of imide groups is 1. The average Bonchev–Trinajstić information content (AvgIpc) is 3.14. The summed E-state index contributed by atoms with van der Waals surface area (Å²) in [5.74, 6) is -1.05. The first kappa shape index (κ1) is 29.3. The van der Waals surface area contributed by atoms with Gasteiger partial charge in [-0.15, -0.1) is 0 Å². The number of hydrogen-bond donors (Lipinski definition) is 3. The van der Waals surface area contributed by atoms with Crippen LogP contribution in [0.5, 0.6) is 11.6 Å². The van der Waals surface area contributed by atoms with Crippen LogP contribution in [0.1, 0.15) is 40.9 Å². The van der Waals surface area contributed by atoms with Gasteiger partial charge in [0.2, 0.25) is 11.8 Å². The van der Waals surface area contributed by atoms with E-state index in [4.69, 9.17) is 21.2 Å². The Hall–Kier alpha value is -4.64. The van der Waals surface area contributed by atoms with Crippen molar-refractivity contribution in [3.05, 3.63) is 88.6 Å². The predicted molar refractivity (Wildman–Crippen MR) is 152 cm³/mol. The number of carboxylic acid groups (broad SMARTS) is 1. The number of hydroxylamine groups is 1. The van der Waals surface area contributed by atoms with Crippen molar-refractivity contribution in [3.63, 3.8) is 0 Å². The van der Waals surface area contributed by atoms with Crippen LogP contribution in [-0.2, 0) is 11.2 Å². The van der Waals surface area contributed by atoms with E-state index in [0.29, 0.717) is 28.3 Å². The summed E-state index contributed by atoms with van der Waals surface area (Å²) < 4.78 is 5.46. The summed E-state index contributed by atoms with van der Waals surface area (Å²) in [5.41, 5.74) is 4.28. The van der Waals surface area contributed by atoms with Crippen LogP contribution in [0.2, 0.25) is 5.02 Å². The Kier molecular flexibility index (Phi) is 9.75. The molecule has 1 aliphatic heterocycles. The zero-order chi connectivity index (χ0) is 29.4. The fourth-order valence-corrected chi connectivity index (χ4v) is 4.58. The molecule has 214 valence electrons. The molecule has 0 aliphatic carbocycles. The van der Waals surface area contributed by atoms with E-state index in [9.17, 15) is 19.5 Å². The molecular weight excluding hydrogens is 550 g/mol. The number of aliphatic imine (C=N–C) groups is 1. The zero-order valence-corrected chi connectivity index (χ0v) is 23.3. The lowest BCUT2D eigenvalue weighted by molar-refractivity contribution is -0.131. The number of carboxylic acids is 1. The molecule has 1 aromatic heterocycles. The maximum atomic E-state index is 13.8. The highest BCUT2D eigenvalue weighted by atomic mass is 35.5. The Morgan fingerprint density at radius 1 is 1.17 bits per heavy atom. The minimum atomic E-state index is -1.04. The minimum Gasteiger partial charge on any atom is -0.496 e. The van der Waals surface area contributed by atoms with Crippen molar-refractivity contribution in [2.75, 3.05) is 20.2 Å². The minimum absolute atomic E-state index is 0.0834. The van der Waals surface area contributed by atoms with Crippen LogP contribution in [0.25, 0.3) is 0 Å². The lowest BCUT2D eigenvalue weighted by Gasteiger charge is -2.26. The quantitative estimate of drug-likeness (QED) is 0.319. The molecule has 0 saturated carbocycles. The van der Waals surface area contributed by atoms with Gasteiger partial charge in [0.05, 0.1) is 37.7 Å². The van der Waals surface area contributed by atoms with Crippen LogP contribution in [0.4, 0.5) is 4.79 Å². The number of carbonyl (C=O) groups is 3. The summed E-state index contributed by atoms with van der Waals surface area (Å²) in [6, 6.07) is 15.4. The molecule has 3 aromatic rings. The molecule has 0 saturated heterocycles. The second-order valence-electron chi connectivity index (χ2n) is 9.28. The van der Waals surface area contributed by atoms with Gasteiger partial charge in [-0.3, -0.25) is 14.7 Å². The van der Waals surface area contributed by atoms with Crippen molar-refractivity contribution in [1.82, 2.24) is 20.7 Å². The lowest BCUT2D eigenvalue weighted by atomic mass is 9.97. The van der Waals surface area contributed by atoms with Crippen molar-refractivity contribution in [2.24, 2.45) is 10.9 Å². The Morgan fingerprint density at radius 2 is 1.95 bits per heavy atom. The second-order valence-corrected chi connectivity index (χ2v) is 9.72. The highest BCUT2D eigenvalue weighted by Crippen LogP contribution is 2.27. The van der Waals surface area contributed by atoms with Gasteiger partial charge in [0.1, 0.15) is 5.75 Å². The molecule has 4 rings (SSSR count). The molecule has 0 bridgehead atoms. The molecule has 12 heteroatoms. The van der Waals surface area contributed by atoms with E-state index >= 15 is 0 Å². The number of halogens is 1. The van der Waals surface area contributed by atoms with Gasteiger partial charge in [-0.25, -0.2) is 20.1 Å². The van der Waals surface area contributed by atoms with E-state index in [0.717, 1.165) is 4.90 Å². The van der Waals surface area contributed by atoms with Crippen molar-refractivity contribution in [1.29, 1.82) is 0 Å². The largest absolute Gasteiger partial charge is 0.496 e. The second kappa shape index (κ2) is 13.6. The molecule has 0 fully saturated rings. The van der Waals surface area contributed by atoms with Gasteiger partial charge in [-0.1, -0.05) is 36.7 Å². The Balaban J connectivity index is 1.58. The Labute approximate surface area is 242 Å². The van der Waals surface area contributed by atoms with Gasteiger partial charge in [0.25, 0.3) is 0 Å². The van der Waals surface area contributed by atoms with E-state index in [2.05, 4.69) is 20.8 Å². The van der Waals surface area contributed by atoms with Crippen LogP contribution >= 0.6 is 11.6 Å². The normalized spacial score (nSPS) is 15.8. The first-order valence-corrected chi connectivity index (χ1v) is 13.3. The molecule has 0 radical (unpaired) electrons. The topological polar surface area (TPSA) is 142 Å². The third kappa shape index (κ3) is 7.52. The van der Waals surface area contributed by atoms with Crippen LogP contribution in [0, 0.1) is 5.92 Å². The third-order valence-corrected chi connectivity index (χ3v) is 6.79. The van der Waals surface area contributed by atoms with Crippen molar-refractivity contribution >= 4 is 35.3 Å². The number of methoxy groups -OCH3 is 1. The van der Waals surface area contributed by atoms with E-state index in [1.165, 1.54) is 19.2 Å².